The summed E-state index contributed by atoms with van der Waals surface area (Å²) in [5, 5.41) is 2.51. The predicted molar refractivity (Wildman–Crippen MR) is 162 cm³/mol. The minimum Gasteiger partial charge on any atom is -0.344 e. The van der Waals surface area contributed by atoms with Crippen LogP contribution in [0.25, 0.3) is 44.3 Å². The van der Waals surface area contributed by atoms with Crippen LogP contribution in [0.5, 0.6) is 0 Å². The Morgan fingerprint density at radius 2 is 1.03 bits per heavy atom. The summed E-state index contributed by atoms with van der Waals surface area (Å²) in [6.45, 7) is 0. The molecule has 2 heterocycles. The van der Waals surface area contributed by atoms with Crippen molar-refractivity contribution in [2.24, 2.45) is 7.05 Å². The van der Waals surface area contributed by atoms with Gasteiger partial charge in [-0.05, 0) is 48.5 Å². The second kappa shape index (κ2) is 9.58. The summed E-state index contributed by atoms with van der Waals surface area (Å²) in [5.41, 5.74) is 9.59. The summed E-state index contributed by atoms with van der Waals surface area (Å²) in [7, 11) is 2.13. The van der Waals surface area contributed by atoms with Gasteiger partial charge in [0.25, 0.3) is 0 Å². The van der Waals surface area contributed by atoms with Crippen molar-refractivity contribution in [2.75, 3.05) is 4.90 Å². The van der Waals surface area contributed by atoms with Crippen molar-refractivity contribution in [3.05, 3.63) is 140 Å². The van der Waals surface area contributed by atoms with Crippen molar-refractivity contribution in [1.82, 2.24) is 14.5 Å². The van der Waals surface area contributed by atoms with Crippen molar-refractivity contribution in [3.8, 4) is 22.5 Å². The van der Waals surface area contributed by atoms with Crippen LogP contribution >= 0.6 is 0 Å². The summed E-state index contributed by atoms with van der Waals surface area (Å²) in [4.78, 5) is 11.7. The van der Waals surface area contributed by atoms with Gasteiger partial charge >= 0.3 is 0 Å². The number of nitrogens with zero attached hydrogens (tertiary/aromatic N) is 4. The maximum atomic E-state index is 4.70. The highest BCUT2D eigenvalue weighted by molar-refractivity contribution is 6.09. The molecule has 5 aromatic carbocycles. The third-order valence-corrected chi connectivity index (χ3v) is 7.31. The molecule has 4 nitrogen and oxygen atoms in total. The number of rotatable bonds is 5. The molecule has 0 saturated carbocycles. The maximum Gasteiger partial charge on any atom is 0.0965 e. The molecule has 0 fully saturated rings. The Kier molecular flexibility index (Phi) is 5.64. The molecule has 0 atom stereocenters. The molecule has 39 heavy (non-hydrogen) atoms. The minimum absolute atomic E-state index is 0.874. The molecule has 0 amide bonds. The summed E-state index contributed by atoms with van der Waals surface area (Å²) >= 11 is 0. The van der Waals surface area contributed by atoms with Crippen molar-refractivity contribution >= 4 is 38.9 Å². The van der Waals surface area contributed by atoms with Gasteiger partial charge in [0.2, 0.25) is 0 Å². The van der Waals surface area contributed by atoms with Crippen LogP contribution in [0, 0.1) is 0 Å². The lowest BCUT2D eigenvalue weighted by molar-refractivity contribution is 1.01. The van der Waals surface area contributed by atoms with Gasteiger partial charge in [0.15, 0.2) is 0 Å². The summed E-state index contributed by atoms with van der Waals surface area (Å²) in [6, 6.07) is 44.7. The van der Waals surface area contributed by atoms with E-state index in [1.807, 2.05) is 18.2 Å². The van der Waals surface area contributed by atoms with Crippen LogP contribution in [0.2, 0.25) is 0 Å². The molecule has 0 aliphatic heterocycles. The average molecular weight is 503 g/mol. The molecule has 0 unspecified atom stereocenters. The SMILES string of the molecule is Cn1c2ccccc2c2cc(N(c3ccccc3)c3ccc(-c4nccnc4-c4ccccc4)cc3)ccc21. The van der Waals surface area contributed by atoms with E-state index in [4.69, 9.17) is 4.98 Å². The predicted octanol–water partition coefficient (Wildman–Crippen LogP) is 8.93. The Bertz CT molecular complexity index is 1910. The number of aryl methyl sites for hydroxylation is 1. The van der Waals surface area contributed by atoms with Gasteiger partial charge in [0.05, 0.1) is 11.4 Å². The summed E-state index contributed by atoms with van der Waals surface area (Å²) < 4.78 is 2.27. The Morgan fingerprint density at radius 1 is 0.487 bits per heavy atom. The highest BCUT2D eigenvalue weighted by Crippen LogP contribution is 2.39. The van der Waals surface area contributed by atoms with E-state index >= 15 is 0 Å². The van der Waals surface area contributed by atoms with E-state index in [0.717, 1.165) is 39.6 Å². The molecule has 0 spiro atoms. The van der Waals surface area contributed by atoms with E-state index in [1.165, 1.54) is 21.8 Å². The lowest BCUT2D eigenvalue weighted by atomic mass is 10.0. The van der Waals surface area contributed by atoms with E-state index in [0.29, 0.717) is 0 Å². The van der Waals surface area contributed by atoms with E-state index in [9.17, 15) is 0 Å². The highest BCUT2D eigenvalue weighted by atomic mass is 15.1. The normalized spacial score (nSPS) is 11.2. The largest absolute Gasteiger partial charge is 0.344 e. The fourth-order valence-electron chi connectivity index (χ4n) is 5.44. The lowest BCUT2D eigenvalue weighted by Gasteiger charge is -2.26. The minimum atomic E-state index is 0.874. The first-order valence-electron chi connectivity index (χ1n) is 13.1. The molecular weight excluding hydrogens is 476 g/mol. The molecule has 0 saturated heterocycles. The number of benzene rings is 5. The molecule has 0 aliphatic rings. The summed E-state index contributed by atoms with van der Waals surface area (Å²) in [6.07, 6.45) is 3.51. The van der Waals surface area contributed by atoms with E-state index in [2.05, 4.69) is 131 Å². The standard InChI is InChI=1S/C35H26N4/c1-38-32-15-9-8-14-30(32)31-24-29(20-21-33(31)38)39(27-12-6-3-7-13-27)28-18-16-26(17-19-28)35-34(36-22-23-37-35)25-10-4-2-5-11-25/h2-24H,1H3. The Hall–Kier alpha value is -5.22. The fraction of sp³-hybridized carbons (Fsp3) is 0.0286. The number of aromatic nitrogens is 3. The van der Waals surface area contributed by atoms with Crippen LogP contribution in [0.1, 0.15) is 0 Å². The van der Waals surface area contributed by atoms with Crippen molar-refractivity contribution in [2.45, 2.75) is 0 Å². The first-order chi connectivity index (χ1) is 19.3. The van der Waals surface area contributed by atoms with E-state index < -0.39 is 0 Å². The molecular formula is C35H26N4. The molecule has 0 radical (unpaired) electrons. The number of fused-ring (bicyclic) bond motifs is 3. The van der Waals surface area contributed by atoms with Crippen LogP contribution < -0.4 is 4.90 Å². The number of para-hydroxylation sites is 2. The molecule has 0 N–H and O–H groups in total. The number of hydrogen-bond donors (Lipinski definition) is 0. The molecule has 0 bridgehead atoms. The van der Waals surface area contributed by atoms with Gasteiger partial charge in [-0.1, -0.05) is 78.9 Å². The van der Waals surface area contributed by atoms with Gasteiger partial charge < -0.3 is 9.47 Å². The Balaban J connectivity index is 1.35. The maximum absolute atomic E-state index is 4.70. The van der Waals surface area contributed by atoms with Gasteiger partial charge in [-0.2, -0.15) is 0 Å². The molecule has 7 rings (SSSR count). The topological polar surface area (TPSA) is 34.0 Å². The zero-order valence-electron chi connectivity index (χ0n) is 21.6. The monoisotopic (exact) mass is 502 g/mol. The summed E-state index contributed by atoms with van der Waals surface area (Å²) in [5.74, 6) is 0. The molecule has 7 aromatic rings. The van der Waals surface area contributed by atoms with Gasteiger partial charge in [0, 0.05) is 69.4 Å². The smallest absolute Gasteiger partial charge is 0.0965 e. The van der Waals surface area contributed by atoms with Crippen LogP contribution in [0.15, 0.2) is 140 Å². The van der Waals surface area contributed by atoms with E-state index in [-0.39, 0.29) is 0 Å². The molecule has 186 valence electrons. The van der Waals surface area contributed by atoms with Crippen LogP contribution in [-0.2, 0) is 7.05 Å². The van der Waals surface area contributed by atoms with Gasteiger partial charge in [-0.15, -0.1) is 0 Å². The first-order valence-corrected chi connectivity index (χ1v) is 13.1. The Morgan fingerprint density at radius 3 is 1.74 bits per heavy atom. The van der Waals surface area contributed by atoms with Crippen LogP contribution in [0.4, 0.5) is 17.1 Å². The zero-order valence-corrected chi connectivity index (χ0v) is 21.6. The zero-order chi connectivity index (χ0) is 26.2. The van der Waals surface area contributed by atoms with Crippen LogP contribution in [0.3, 0.4) is 0 Å². The highest BCUT2D eigenvalue weighted by Gasteiger charge is 2.16. The number of anilines is 3. The third kappa shape index (κ3) is 4.03. The molecule has 0 aliphatic carbocycles. The number of hydrogen-bond acceptors (Lipinski definition) is 3. The quantitative estimate of drug-likeness (QED) is 0.236. The molecule has 4 heteroatoms. The average Bonchev–Trinajstić information content (AvgIpc) is 3.30. The first kappa shape index (κ1) is 22.9. The fourth-order valence-corrected chi connectivity index (χ4v) is 5.44. The van der Waals surface area contributed by atoms with Crippen LogP contribution in [-0.4, -0.2) is 14.5 Å². The third-order valence-electron chi connectivity index (χ3n) is 7.31. The van der Waals surface area contributed by atoms with Gasteiger partial charge in [-0.3, -0.25) is 9.97 Å². The van der Waals surface area contributed by atoms with Crippen molar-refractivity contribution in [3.63, 3.8) is 0 Å². The second-order valence-electron chi connectivity index (χ2n) is 9.62. The lowest BCUT2D eigenvalue weighted by Crippen LogP contribution is -2.09. The Labute approximate surface area is 227 Å². The van der Waals surface area contributed by atoms with Crippen molar-refractivity contribution in [1.29, 1.82) is 0 Å². The molecule has 2 aromatic heterocycles. The van der Waals surface area contributed by atoms with Gasteiger partial charge in [-0.25, -0.2) is 0 Å². The van der Waals surface area contributed by atoms with Crippen molar-refractivity contribution < 1.29 is 0 Å². The van der Waals surface area contributed by atoms with E-state index in [1.54, 1.807) is 12.4 Å². The second-order valence-corrected chi connectivity index (χ2v) is 9.62. The van der Waals surface area contributed by atoms with Gasteiger partial charge in [0.1, 0.15) is 0 Å².